The number of nitrogens with one attached hydrogen (secondary N) is 1. The number of imidazole rings is 1. The van der Waals surface area contributed by atoms with Crippen LogP contribution in [0.25, 0.3) is 0 Å². The highest BCUT2D eigenvalue weighted by molar-refractivity contribution is 5.96. The van der Waals surface area contributed by atoms with Crippen LogP contribution in [-0.4, -0.2) is 27.6 Å². The largest absolute Gasteiger partial charge is 0.465 e. The number of anilines is 1. The molecule has 0 aliphatic rings. The van der Waals surface area contributed by atoms with Crippen LogP contribution in [0.5, 0.6) is 0 Å². The van der Waals surface area contributed by atoms with Crippen molar-refractivity contribution in [3.05, 3.63) is 87.7 Å². The minimum Gasteiger partial charge on any atom is -0.465 e. The van der Waals surface area contributed by atoms with E-state index in [2.05, 4.69) is 10.3 Å². The molecule has 0 bridgehead atoms. The first-order chi connectivity index (χ1) is 13.4. The summed E-state index contributed by atoms with van der Waals surface area (Å²) in [5.41, 5.74) is 0.805. The predicted molar refractivity (Wildman–Crippen MR) is 99.5 cm³/mol. The van der Waals surface area contributed by atoms with Crippen molar-refractivity contribution in [2.75, 3.05) is 12.4 Å². The topological polar surface area (TPSA) is 99.3 Å². The van der Waals surface area contributed by atoms with Gasteiger partial charge in [-0.2, -0.15) is 0 Å². The Kier molecular flexibility index (Phi) is 5.35. The van der Waals surface area contributed by atoms with Crippen LogP contribution < -0.4 is 5.32 Å². The average Bonchev–Trinajstić information content (AvgIpc) is 3.11. The van der Waals surface area contributed by atoms with E-state index in [1.165, 1.54) is 31.4 Å². The van der Waals surface area contributed by atoms with Crippen LogP contribution in [0.15, 0.2) is 54.9 Å². The molecule has 0 saturated carbocycles. The van der Waals surface area contributed by atoms with Crippen molar-refractivity contribution in [2.24, 2.45) is 7.05 Å². The van der Waals surface area contributed by atoms with E-state index < -0.39 is 16.9 Å². The Morgan fingerprint density at radius 2 is 2.00 bits per heavy atom. The second kappa shape index (κ2) is 7.87. The molecule has 3 rings (SSSR count). The van der Waals surface area contributed by atoms with Gasteiger partial charge in [-0.1, -0.05) is 12.1 Å². The van der Waals surface area contributed by atoms with E-state index in [0.717, 1.165) is 6.07 Å². The molecule has 0 aliphatic carbocycles. The number of esters is 1. The lowest BCUT2D eigenvalue weighted by Crippen LogP contribution is -2.19. The van der Waals surface area contributed by atoms with Crippen molar-refractivity contribution in [1.29, 1.82) is 0 Å². The van der Waals surface area contributed by atoms with Crippen LogP contribution in [-0.2, 0) is 11.8 Å². The molecule has 1 heterocycles. The van der Waals surface area contributed by atoms with E-state index in [9.17, 15) is 19.3 Å². The molecule has 0 spiro atoms. The SMILES string of the molecule is COC(=O)c1cc([N+](=O)[O-])ccc1NC(c1ccc(F)cc1)c1nccn1C. The number of benzene rings is 2. The molecular formula is C19H17FN4O4. The van der Waals surface area contributed by atoms with Gasteiger partial charge in [0.15, 0.2) is 0 Å². The van der Waals surface area contributed by atoms with E-state index in [1.54, 1.807) is 36.1 Å². The Morgan fingerprint density at radius 1 is 1.29 bits per heavy atom. The van der Waals surface area contributed by atoms with Crippen LogP contribution in [0, 0.1) is 15.9 Å². The third kappa shape index (κ3) is 3.83. The van der Waals surface area contributed by atoms with Crippen molar-refractivity contribution in [1.82, 2.24) is 9.55 Å². The maximum absolute atomic E-state index is 13.4. The molecule has 2 aromatic carbocycles. The van der Waals surface area contributed by atoms with Crippen LogP contribution in [0.3, 0.4) is 0 Å². The number of carbonyl (C=O) groups is 1. The quantitative estimate of drug-likeness (QED) is 0.397. The Morgan fingerprint density at radius 3 is 2.57 bits per heavy atom. The molecule has 0 radical (unpaired) electrons. The van der Waals surface area contributed by atoms with Crippen LogP contribution in [0.2, 0.25) is 0 Å². The van der Waals surface area contributed by atoms with Gasteiger partial charge in [0.25, 0.3) is 5.69 Å². The number of nitro groups is 1. The standard InChI is InChI=1S/C19H17FN4O4/c1-23-10-9-21-18(23)17(12-3-5-13(20)6-4-12)22-16-8-7-14(24(26)27)11-15(16)19(25)28-2/h3-11,17,22H,1-2H3. The molecule has 144 valence electrons. The lowest BCUT2D eigenvalue weighted by Gasteiger charge is -2.21. The lowest BCUT2D eigenvalue weighted by molar-refractivity contribution is -0.384. The number of non-ortho nitro benzene ring substituents is 1. The van der Waals surface area contributed by atoms with Crippen LogP contribution >= 0.6 is 0 Å². The number of hydrogen-bond donors (Lipinski definition) is 1. The van der Waals surface area contributed by atoms with Crippen molar-refractivity contribution in [2.45, 2.75) is 6.04 Å². The number of methoxy groups -OCH3 is 1. The maximum Gasteiger partial charge on any atom is 0.340 e. The summed E-state index contributed by atoms with van der Waals surface area (Å²) >= 11 is 0. The van der Waals surface area contributed by atoms with Gasteiger partial charge >= 0.3 is 5.97 Å². The van der Waals surface area contributed by atoms with Gasteiger partial charge in [-0.3, -0.25) is 10.1 Å². The van der Waals surface area contributed by atoms with Gasteiger partial charge in [-0.05, 0) is 23.8 Å². The zero-order chi connectivity index (χ0) is 20.3. The summed E-state index contributed by atoms with van der Waals surface area (Å²) in [6.45, 7) is 0. The molecule has 3 aromatic rings. The summed E-state index contributed by atoms with van der Waals surface area (Å²) in [6.07, 6.45) is 3.37. The molecule has 1 N–H and O–H groups in total. The summed E-state index contributed by atoms with van der Waals surface area (Å²) in [7, 11) is 3.00. The van der Waals surface area contributed by atoms with E-state index in [4.69, 9.17) is 4.74 Å². The third-order valence-corrected chi connectivity index (χ3v) is 4.24. The van der Waals surface area contributed by atoms with Gasteiger partial charge in [0.2, 0.25) is 0 Å². The molecular weight excluding hydrogens is 367 g/mol. The molecule has 0 fully saturated rings. The molecule has 0 aliphatic heterocycles. The van der Waals surface area contributed by atoms with Gasteiger partial charge < -0.3 is 14.6 Å². The fraction of sp³-hybridized carbons (Fsp3) is 0.158. The number of nitro benzene ring substituents is 1. The highest BCUT2D eigenvalue weighted by Crippen LogP contribution is 2.30. The highest BCUT2D eigenvalue weighted by atomic mass is 19.1. The van der Waals surface area contributed by atoms with Crippen LogP contribution in [0.1, 0.15) is 27.8 Å². The first-order valence-corrected chi connectivity index (χ1v) is 8.26. The summed E-state index contributed by atoms with van der Waals surface area (Å²) in [4.78, 5) is 27.0. The first kappa shape index (κ1) is 19.0. The number of hydrogen-bond acceptors (Lipinski definition) is 6. The molecule has 8 nitrogen and oxygen atoms in total. The number of nitrogens with zero attached hydrogens (tertiary/aromatic N) is 3. The molecule has 9 heteroatoms. The van der Waals surface area contributed by atoms with E-state index in [0.29, 0.717) is 17.1 Å². The Bertz CT molecular complexity index is 1020. The number of halogens is 1. The monoisotopic (exact) mass is 384 g/mol. The van der Waals surface area contributed by atoms with Gasteiger partial charge in [-0.25, -0.2) is 14.2 Å². The fourth-order valence-corrected chi connectivity index (χ4v) is 2.81. The van der Waals surface area contributed by atoms with Gasteiger partial charge in [0.1, 0.15) is 17.7 Å². The van der Waals surface area contributed by atoms with Gasteiger partial charge in [0.05, 0.1) is 23.3 Å². The first-order valence-electron chi connectivity index (χ1n) is 8.26. The predicted octanol–water partition coefficient (Wildman–Crippen LogP) is 3.46. The summed E-state index contributed by atoms with van der Waals surface area (Å²) in [6, 6.07) is 9.18. The van der Waals surface area contributed by atoms with E-state index in [-0.39, 0.29) is 17.1 Å². The zero-order valence-corrected chi connectivity index (χ0v) is 15.1. The smallest absolute Gasteiger partial charge is 0.340 e. The lowest BCUT2D eigenvalue weighted by atomic mass is 10.0. The van der Waals surface area contributed by atoms with E-state index in [1.807, 2.05) is 0 Å². The Hall–Kier alpha value is -3.75. The minimum atomic E-state index is -0.719. The highest BCUT2D eigenvalue weighted by Gasteiger charge is 2.23. The molecule has 28 heavy (non-hydrogen) atoms. The van der Waals surface area contributed by atoms with Crippen molar-refractivity contribution in [3.63, 3.8) is 0 Å². The second-order valence-electron chi connectivity index (χ2n) is 6.00. The van der Waals surface area contributed by atoms with Gasteiger partial charge in [-0.15, -0.1) is 0 Å². The normalized spacial score (nSPS) is 11.7. The molecule has 1 aromatic heterocycles. The number of carbonyl (C=O) groups excluding carboxylic acids is 1. The second-order valence-corrected chi connectivity index (χ2v) is 6.00. The summed E-state index contributed by atoms with van der Waals surface area (Å²) < 4.78 is 19.9. The minimum absolute atomic E-state index is 0.0121. The fourth-order valence-electron chi connectivity index (χ4n) is 2.81. The zero-order valence-electron chi connectivity index (χ0n) is 15.1. The van der Waals surface area contributed by atoms with E-state index >= 15 is 0 Å². The molecule has 1 unspecified atom stereocenters. The number of rotatable bonds is 6. The number of aryl methyl sites for hydroxylation is 1. The molecule has 0 amide bonds. The van der Waals surface area contributed by atoms with Crippen molar-refractivity contribution in [3.8, 4) is 0 Å². The maximum atomic E-state index is 13.4. The van der Waals surface area contributed by atoms with Gasteiger partial charge in [0, 0.05) is 31.6 Å². The Labute approximate surface area is 159 Å². The summed E-state index contributed by atoms with van der Waals surface area (Å²) in [5, 5.41) is 14.2. The Balaban J connectivity index is 2.08. The number of aromatic nitrogens is 2. The third-order valence-electron chi connectivity index (χ3n) is 4.24. The molecule has 0 saturated heterocycles. The molecule has 1 atom stereocenters. The summed E-state index contributed by atoms with van der Waals surface area (Å²) in [5.74, 6) is -0.488. The number of ether oxygens (including phenoxy) is 1. The van der Waals surface area contributed by atoms with Crippen LogP contribution in [0.4, 0.5) is 15.8 Å². The average molecular weight is 384 g/mol. The van der Waals surface area contributed by atoms with Crippen molar-refractivity contribution < 1.29 is 18.8 Å². The van der Waals surface area contributed by atoms with Crippen molar-refractivity contribution >= 4 is 17.3 Å².